The van der Waals surface area contributed by atoms with Crippen molar-refractivity contribution in [1.82, 2.24) is 0 Å². The minimum atomic E-state index is 0.158. The van der Waals surface area contributed by atoms with Crippen LogP contribution in [0.15, 0.2) is 30.3 Å². The smallest absolute Gasteiger partial charge is 0.286 e. The molecule has 14 heavy (non-hydrogen) atoms. The molecule has 0 fully saturated rings. The zero-order chi connectivity index (χ0) is 10.1. The van der Waals surface area contributed by atoms with Crippen LogP contribution < -0.4 is 9.47 Å². The number of pyridine rings is 1. The normalized spacial score (nSPS) is 10.4. The highest BCUT2D eigenvalue weighted by Gasteiger charge is 2.08. The van der Waals surface area contributed by atoms with E-state index < -0.39 is 0 Å². The Morgan fingerprint density at radius 3 is 2.71 bits per heavy atom. The fourth-order valence-corrected chi connectivity index (χ4v) is 1.46. The second-order valence-corrected chi connectivity index (χ2v) is 3.26. The Labute approximate surface area is 86.1 Å². The molecule has 0 spiro atoms. The largest absolute Gasteiger partial charge is 0.617 e. The van der Waals surface area contributed by atoms with E-state index in [2.05, 4.69) is 0 Å². The van der Waals surface area contributed by atoms with Gasteiger partial charge in [-0.25, -0.2) is 0 Å². The van der Waals surface area contributed by atoms with E-state index >= 15 is 0 Å². The van der Waals surface area contributed by atoms with Gasteiger partial charge in [0.25, 0.3) is 5.15 Å². The number of rotatable bonds is 1. The summed E-state index contributed by atoms with van der Waals surface area (Å²) in [7, 11) is 1.56. The third kappa shape index (κ3) is 1.36. The van der Waals surface area contributed by atoms with Gasteiger partial charge in [-0.15, -0.1) is 0 Å². The van der Waals surface area contributed by atoms with Gasteiger partial charge in [0.05, 0.1) is 13.2 Å². The van der Waals surface area contributed by atoms with Gasteiger partial charge in [0, 0.05) is 11.5 Å². The molecule has 1 heterocycles. The highest BCUT2D eigenvalue weighted by Crippen LogP contribution is 2.19. The number of hydrogen-bond acceptors (Lipinski definition) is 2. The van der Waals surface area contributed by atoms with E-state index in [4.69, 9.17) is 16.3 Å². The van der Waals surface area contributed by atoms with Crippen molar-refractivity contribution in [3.63, 3.8) is 0 Å². The first-order chi connectivity index (χ1) is 6.72. The van der Waals surface area contributed by atoms with Gasteiger partial charge >= 0.3 is 0 Å². The number of fused-ring (bicyclic) bond motifs is 1. The number of ether oxygens (including phenoxy) is 1. The minimum absolute atomic E-state index is 0.158. The van der Waals surface area contributed by atoms with Gasteiger partial charge in [0.15, 0.2) is 0 Å². The van der Waals surface area contributed by atoms with Crippen molar-refractivity contribution in [2.75, 3.05) is 7.11 Å². The molecular formula is C10H8ClNO2. The summed E-state index contributed by atoms with van der Waals surface area (Å²) in [5.41, 5.74) is 0.511. The van der Waals surface area contributed by atoms with E-state index in [9.17, 15) is 5.21 Å². The van der Waals surface area contributed by atoms with Crippen LogP contribution in [0.1, 0.15) is 0 Å². The van der Waals surface area contributed by atoms with E-state index in [0.29, 0.717) is 16.0 Å². The predicted molar refractivity (Wildman–Crippen MR) is 54.5 cm³/mol. The SMILES string of the molecule is COc1ccc2ccc(Cl)[n+]([O-])c2c1. The molecule has 3 nitrogen and oxygen atoms in total. The van der Waals surface area contributed by atoms with Crippen LogP contribution in [0.3, 0.4) is 0 Å². The third-order valence-corrected chi connectivity index (χ3v) is 2.33. The monoisotopic (exact) mass is 209 g/mol. The zero-order valence-electron chi connectivity index (χ0n) is 7.53. The molecule has 0 aliphatic carbocycles. The fraction of sp³-hybridized carbons (Fsp3) is 0.100. The van der Waals surface area contributed by atoms with E-state index in [-0.39, 0.29) is 5.15 Å². The molecule has 0 bridgehead atoms. The van der Waals surface area contributed by atoms with Gasteiger partial charge in [0.1, 0.15) is 5.75 Å². The predicted octanol–water partition coefficient (Wildman–Crippen LogP) is 2.14. The number of hydrogen-bond donors (Lipinski definition) is 0. The van der Waals surface area contributed by atoms with Crippen LogP contribution in [0.5, 0.6) is 5.75 Å². The summed E-state index contributed by atoms with van der Waals surface area (Å²) in [6.07, 6.45) is 0. The Morgan fingerprint density at radius 1 is 1.29 bits per heavy atom. The molecule has 2 rings (SSSR count). The average Bonchev–Trinajstić information content (AvgIpc) is 2.23. The van der Waals surface area contributed by atoms with Gasteiger partial charge in [-0.2, -0.15) is 4.73 Å². The van der Waals surface area contributed by atoms with Crippen molar-refractivity contribution in [2.45, 2.75) is 0 Å². The standard InChI is InChI=1S/C10H8ClNO2/c1-14-8-4-2-7-3-5-10(11)12(13)9(7)6-8/h2-6H,1H3. The van der Waals surface area contributed by atoms with Crippen molar-refractivity contribution >= 4 is 22.5 Å². The molecule has 0 saturated carbocycles. The highest BCUT2D eigenvalue weighted by molar-refractivity contribution is 6.28. The third-order valence-electron chi connectivity index (χ3n) is 2.05. The van der Waals surface area contributed by atoms with Crippen LogP contribution in [-0.4, -0.2) is 7.11 Å². The number of aromatic nitrogens is 1. The van der Waals surface area contributed by atoms with E-state index in [1.54, 1.807) is 31.4 Å². The Morgan fingerprint density at radius 2 is 2.00 bits per heavy atom. The van der Waals surface area contributed by atoms with Crippen LogP contribution in [0.2, 0.25) is 5.15 Å². The van der Waals surface area contributed by atoms with E-state index in [1.165, 1.54) is 0 Å². The van der Waals surface area contributed by atoms with Gasteiger partial charge in [-0.3, -0.25) is 0 Å². The van der Waals surface area contributed by atoms with E-state index in [0.717, 1.165) is 5.39 Å². The maximum absolute atomic E-state index is 11.5. The van der Waals surface area contributed by atoms with Crippen LogP contribution in [0, 0.1) is 5.21 Å². The number of benzene rings is 1. The van der Waals surface area contributed by atoms with Crippen molar-refractivity contribution in [2.24, 2.45) is 0 Å². The second-order valence-electron chi connectivity index (χ2n) is 2.88. The molecule has 0 amide bonds. The molecule has 72 valence electrons. The molecular weight excluding hydrogens is 202 g/mol. The summed E-state index contributed by atoms with van der Waals surface area (Å²) in [5.74, 6) is 0.643. The molecule has 0 N–H and O–H groups in total. The van der Waals surface area contributed by atoms with Crippen LogP contribution in [-0.2, 0) is 0 Å². The summed E-state index contributed by atoms with van der Waals surface area (Å²) >= 11 is 5.69. The van der Waals surface area contributed by atoms with Crippen molar-refractivity contribution in [3.05, 3.63) is 40.7 Å². The molecule has 0 atom stereocenters. The first kappa shape index (κ1) is 9.09. The van der Waals surface area contributed by atoms with Crippen LogP contribution in [0.25, 0.3) is 10.9 Å². The summed E-state index contributed by atoms with van der Waals surface area (Å²) in [6, 6.07) is 8.65. The maximum atomic E-state index is 11.5. The molecule has 1 aromatic heterocycles. The lowest BCUT2D eigenvalue weighted by Crippen LogP contribution is -2.28. The molecule has 1 aromatic carbocycles. The number of methoxy groups -OCH3 is 1. The fourth-order valence-electron chi connectivity index (χ4n) is 1.31. The molecule has 0 aliphatic heterocycles. The Hall–Kier alpha value is -1.48. The molecule has 4 heteroatoms. The van der Waals surface area contributed by atoms with Crippen LogP contribution in [0.4, 0.5) is 0 Å². The first-order valence-electron chi connectivity index (χ1n) is 4.08. The average molecular weight is 210 g/mol. The Kier molecular flexibility index (Phi) is 2.17. The molecule has 0 aliphatic rings. The lowest BCUT2D eigenvalue weighted by molar-refractivity contribution is -0.574. The zero-order valence-corrected chi connectivity index (χ0v) is 8.28. The number of nitrogens with zero attached hydrogens (tertiary/aromatic N) is 1. The van der Waals surface area contributed by atoms with Gasteiger partial charge in [0.2, 0.25) is 5.52 Å². The molecule has 2 aromatic rings. The minimum Gasteiger partial charge on any atom is -0.617 e. The summed E-state index contributed by atoms with van der Waals surface area (Å²) in [4.78, 5) is 0. The molecule has 0 saturated heterocycles. The topological polar surface area (TPSA) is 36.2 Å². The van der Waals surface area contributed by atoms with Crippen molar-refractivity contribution < 1.29 is 9.47 Å². The summed E-state index contributed by atoms with van der Waals surface area (Å²) in [5, 5.41) is 12.5. The molecule has 0 radical (unpaired) electrons. The summed E-state index contributed by atoms with van der Waals surface area (Å²) < 4.78 is 5.70. The summed E-state index contributed by atoms with van der Waals surface area (Å²) in [6.45, 7) is 0. The van der Waals surface area contributed by atoms with Gasteiger partial charge in [-0.05, 0) is 29.8 Å². The highest BCUT2D eigenvalue weighted by atomic mass is 35.5. The lowest BCUT2D eigenvalue weighted by Gasteiger charge is -2.04. The van der Waals surface area contributed by atoms with Crippen molar-refractivity contribution in [1.29, 1.82) is 0 Å². The second kappa shape index (κ2) is 3.35. The van der Waals surface area contributed by atoms with Crippen molar-refractivity contribution in [3.8, 4) is 5.75 Å². The quantitative estimate of drug-likeness (QED) is 0.410. The Bertz CT molecular complexity index is 485. The number of halogens is 1. The lowest BCUT2D eigenvalue weighted by atomic mass is 10.2. The van der Waals surface area contributed by atoms with Crippen LogP contribution >= 0.6 is 11.6 Å². The van der Waals surface area contributed by atoms with Gasteiger partial charge < -0.3 is 9.94 Å². The Balaban J connectivity index is 2.78. The van der Waals surface area contributed by atoms with Gasteiger partial charge in [-0.1, -0.05) is 0 Å². The maximum Gasteiger partial charge on any atom is 0.286 e. The first-order valence-corrected chi connectivity index (χ1v) is 4.46. The van der Waals surface area contributed by atoms with E-state index in [1.807, 2.05) is 6.07 Å². The molecule has 0 unspecified atom stereocenters.